The van der Waals surface area contributed by atoms with E-state index in [0.717, 1.165) is 18.7 Å². The van der Waals surface area contributed by atoms with Gasteiger partial charge in [0.05, 0.1) is 17.6 Å². The van der Waals surface area contributed by atoms with Crippen LogP contribution in [0.5, 0.6) is 0 Å². The Morgan fingerprint density at radius 3 is 2.05 bits per heavy atom. The Hall–Kier alpha value is -3.50. The summed E-state index contributed by atoms with van der Waals surface area (Å²) in [6.07, 6.45) is 16.1. The Kier molecular flexibility index (Phi) is 5.99. The third-order valence-electron chi connectivity index (χ3n) is 11.2. The Morgan fingerprint density at radius 2 is 1.33 bits per heavy atom. The lowest BCUT2D eigenvalue weighted by Crippen LogP contribution is -2.30. The normalized spacial score (nSPS) is 24.7. The third-order valence-corrected chi connectivity index (χ3v) is 11.2. The Labute approximate surface area is 249 Å². The second-order valence-corrected chi connectivity index (χ2v) is 13.5. The van der Waals surface area contributed by atoms with E-state index in [1.165, 1.54) is 115 Å². The molecule has 3 heterocycles. The maximum Gasteiger partial charge on any atom is 0.109 e. The van der Waals surface area contributed by atoms with Crippen LogP contribution in [0, 0.1) is 0 Å². The van der Waals surface area contributed by atoms with Gasteiger partial charge >= 0.3 is 0 Å². The van der Waals surface area contributed by atoms with Crippen molar-refractivity contribution in [3.63, 3.8) is 0 Å². The number of hydrogen-bond acceptors (Lipinski definition) is 3. The molecular weight excluding hydrogens is 512 g/mol. The van der Waals surface area contributed by atoms with Crippen LogP contribution in [0.2, 0.25) is 0 Å². The highest BCUT2D eigenvalue weighted by atomic mass is 15.0. The van der Waals surface area contributed by atoms with Gasteiger partial charge < -0.3 is 10.3 Å². The molecule has 10 rings (SSSR count). The molecule has 0 amide bonds. The highest BCUT2D eigenvalue weighted by Gasteiger charge is 2.37. The fourth-order valence-corrected chi connectivity index (χ4v) is 8.97. The van der Waals surface area contributed by atoms with Crippen molar-refractivity contribution in [2.75, 3.05) is 6.54 Å². The second kappa shape index (κ2) is 10.1. The molecule has 2 saturated carbocycles. The first-order chi connectivity index (χ1) is 20.8. The monoisotopic (exact) mass is 552 g/mol. The Morgan fingerprint density at radius 1 is 0.643 bits per heavy atom. The van der Waals surface area contributed by atoms with Gasteiger partial charge in [-0.05, 0) is 126 Å². The maximum atomic E-state index is 5.05. The molecule has 1 aromatic heterocycles. The number of aromatic nitrogens is 2. The molecule has 2 N–H and O–H groups in total. The highest BCUT2D eigenvalue weighted by molar-refractivity contribution is 5.98. The summed E-state index contributed by atoms with van der Waals surface area (Å²) in [5.74, 6) is 3.15. The van der Waals surface area contributed by atoms with Crippen molar-refractivity contribution in [3.05, 3.63) is 83.3 Å². The van der Waals surface area contributed by atoms with Crippen LogP contribution in [0.3, 0.4) is 0 Å². The fraction of sp³-hybridized carbons (Fsp3) is 0.421. The summed E-state index contributed by atoms with van der Waals surface area (Å²) in [7, 11) is 0. The van der Waals surface area contributed by atoms with Crippen LogP contribution in [0.1, 0.15) is 104 Å². The molecule has 6 aliphatic rings. The van der Waals surface area contributed by atoms with E-state index in [4.69, 9.17) is 9.98 Å². The first-order valence-electron chi connectivity index (χ1n) is 16.5. The molecule has 4 nitrogen and oxygen atoms in total. The van der Waals surface area contributed by atoms with Crippen molar-refractivity contribution in [3.8, 4) is 33.5 Å². The molecule has 212 valence electrons. The molecule has 0 spiro atoms. The summed E-state index contributed by atoms with van der Waals surface area (Å²) < 4.78 is 0. The smallest absolute Gasteiger partial charge is 0.109 e. The first kappa shape index (κ1) is 25.0. The largest absolute Gasteiger partial charge is 0.342 e. The van der Waals surface area contributed by atoms with Crippen molar-refractivity contribution in [1.82, 2.24) is 15.3 Å². The van der Waals surface area contributed by atoms with E-state index in [1.54, 1.807) is 11.1 Å². The molecule has 2 aliphatic heterocycles. The van der Waals surface area contributed by atoms with E-state index in [2.05, 4.69) is 64.9 Å². The average Bonchev–Trinajstić information content (AvgIpc) is 3.87. The van der Waals surface area contributed by atoms with E-state index in [9.17, 15) is 0 Å². The summed E-state index contributed by atoms with van der Waals surface area (Å²) in [5.41, 5.74) is 15.2. The summed E-state index contributed by atoms with van der Waals surface area (Å²) in [6, 6.07) is 21.7. The van der Waals surface area contributed by atoms with E-state index in [-0.39, 0.29) is 0 Å². The van der Waals surface area contributed by atoms with Crippen molar-refractivity contribution < 1.29 is 0 Å². The van der Waals surface area contributed by atoms with Gasteiger partial charge in [-0.15, -0.1) is 0 Å². The minimum atomic E-state index is 0.470. The van der Waals surface area contributed by atoms with Crippen LogP contribution >= 0.6 is 0 Å². The quantitative estimate of drug-likeness (QED) is 0.259. The lowest BCUT2D eigenvalue weighted by Gasteiger charge is -2.41. The zero-order valence-corrected chi connectivity index (χ0v) is 24.5. The summed E-state index contributed by atoms with van der Waals surface area (Å²) in [5, 5.41) is 3.65. The maximum absolute atomic E-state index is 5.05. The minimum Gasteiger partial charge on any atom is -0.342 e. The molecule has 3 aromatic carbocycles. The summed E-state index contributed by atoms with van der Waals surface area (Å²) >= 11 is 0. The number of nitrogens with zero attached hydrogens (tertiary/aromatic N) is 2. The lowest BCUT2D eigenvalue weighted by molar-refractivity contribution is 0.360. The van der Waals surface area contributed by atoms with Gasteiger partial charge in [0.1, 0.15) is 5.82 Å². The Balaban J connectivity index is 1.05. The minimum absolute atomic E-state index is 0.470. The molecule has 3 fully saturated rings. The topological polar surface area (TPSA) is 53.1 Å². The van der Waals surface area contributed by atoms with Gasteiger partial charge in [0.2, 0.25) is 0 Å². The first-order valence-corrected chi connectivity index (χ1v) is 16.5. The molecule has 2 bridgehead atoms. The van der Waals surface area contributed by atoms with Crippen molar-refractivity contribution >= 4 is 11.4 Å². The molecule has 4 aromatic rings. The van der Waals surface area contributed by atoms with Crippen LogP contribution in [-0.2, 0) is 6.42 Å². The summed E-state index contributed by atoms with van der Waals surface area (Å²) in [6.45, 7) is 1.12. The van der Waals surface area contributed by atoms with Gasteiger partial charge in [-0.3, -0.25) is 4.99 Å². The van der Waals surface area contributed by atoms with Crippen molar-refractivity contribution in [2.24, 2.45) is 4.99 Å². The predicted octanol–water partition coefficient (Wildman–Crippen LogP) is 9.20. The number of hydrogen-bond donors (Lipinski definition) is 2. The molecule has 4 aliphatic carbocycles. The number of aromatic amines is 1. The predicted molar refractivity (Wildman–Crippen MR) is 172 cm³/mol. The number of nitrogens with one attached hydrogen (secondary N) is 2. The van der Waals surface area contributed by atoms with E-state index in [0.29, 0.717) is 23.8 Å². The molecule has 1 atom stereocenters. The van der Waals surface area contributed by atoms with Gasteiger partial charge in [-0.1, -0.05) is 55.3 Å². The number of fused-ring (bicyclic) bond motifs is 3. The Bertz CT molecular complexity index is 1670. The van der Waals surface area contributed by atoms with Gasteiger partial charge in [-0.25, -0.2) is 4.98 Å². The fourth-order valence-electron chi connectivity index (χ4n) is 8.97. The molecule has 4 heteroatoms. The van der Waals surface area contributed by atoms with Crippen molar-refractivity contribution in [1.29, 1.82) is 0 Å². The SMILES string of the molecule is c1cc(-c2ccc(-c3ccc4c(c3)CC([C@@H]3CCCN3)=N4)c3c2C2CCC3CC2)ccc1-c1cnc(C2CCCC2)[nH]1. The average molecular weight is 553 g/mol. The highest BCUT2D eigenvalue weighted by Crippen LogP contribution is 2.55. The number of rotatable bonds is 5. The van der Waals surface area contributed by atoms with Crippen LogP contribution in [0.4, 0.5) is 5.69 Å². The molecule has 1 saturated heterocycles. The van der Waals surface area contributed by atoms with Gasteiger partial charge in [-0.2, -0.15) is 0 Å². The zero-order chi connectivity index (χ0) is 27.6. The molecule has 42 heavy (non-hydrogen) atoms. The van der Waals surface area contributed by atoms with E-state index < -0.39 is 0 Å². The van der Waals surface area contributed by atoms with Crippen LogP contribution < -0.4 is 5.32 Å². The number of imidazole rings is 1. The second-order valence-electron chi connectivity index (χ2n) is 13.5. The van der Waals surface area contributed by atoms with Crippen LogP contribution in [0.25, 0.3) is 33.5 Å². The number of H-pyrrole nitrogens is 1. The van der Waals surface area contributed by atoms with E-state index >= 15 is 0 Å². The molecule has 0 radical (unpaired) electrons. The molecule has 0 unspecified atom stereocenters. The zero-order valence-electron chi connectivity index (χ0n) is 24.5. The van der Waals surface area contributed by atoms with E-state index in [1.807, 2.05) is 6.20 Å². The number of aliphatic imine (C=N–C) groups is 1. The number of benzene rings is 3. The lowest BCUT2D eigenvalue weighted by atomic mass is 9.63. The van der Waals surface area contributed by atoms with Crippen LogP contribution in [-0.4, -0.2) is 28.3 Å². The standard InChI is InChI=1S/C38H40N4/c1-2-5-27(4-1)38-40-22-35(42-38)24-9-7-23(8-10-24)30-16-17-31(37-26-13-11-25(12-14-26)36(30)37)28-15-18-32-29(20-28)21-34(41-32)33-6-3-19-39-33/h7-10,15-18,20,22,25-27,33,39H,1-6,11-14,19,21H2,(H,40,42)/t25?,26?,33-/m0/s1. The van der Waals surface area contributed by atoms with Gasteiger partial charge in [0, 0.05) is 24.1 Å². The van der Waals surface area contributed by atoms with Gasteiger partial charge in [0.15, 0.2) is 0 Å². The summed E-state index contributed by atoms with van der Waals surface area (Å²) in [4.78, 5) is 13.4. The van der Waals surface area contributed by atoms with Crippen LogP contribution in [0.15, 0.2) is 65.8 Å². The van der Waals surface area contributed by atoms with Crippen molar-refractivity contribution in [2.45, 2.75) is 94.4 Å². The van der Waals surface area contributed by atoms with Gasteiger partial charge in [0.25, 0.3) is 0 Å². The molecular formula is C38H40N4. The third kappa shape index (κ3) is 4.13.